The molecule has 0 amide bonds. The molecule has 0 fully saturated rings. The molecule has 4 N–H and O–H groups in total. The minimum atomic E-state index is -0.974. The Balaban J connectivity index is 0.00000289. The molecule has 0 aliphatic carbocycles. The first kappa shape index (κ1) is 16.4. The molecule has 2 unspecified atom stereocenters. The Labute approximate surface area is 110 Å². The third-order valence-corrected chi connectivity index (χ3v) is 2.31. The zero-order chi connectivity index (χ0) is 13.2. The lowest BCUT2D eigenvalue weighted by atomic mass is 10.2. The highest BCUT2D eigenvalue weighted by Crippen LogP contribution is 2.28. The number of aliphatic hydroxyl groups excluding tert-OH is 2. The van der Waals surface area contributed by atoms with Gasteiger partial charge in [-0.05, 0) is 26.0 Å². The Morgan fingerprint density at radius 3 is 2.22 bits per heavy atom. The van der Waals surface area contributed by atoms with Crippen LogP contribution in [0.2, 0.25) is 0 Å². The summed E-state index contributed by atoms with van der Waals surface area (Å²) >= 11 is 0. The fourth-order valence-corrected chi connectivity index (χ4v) is 1.59. The average Bonchev–Trinajstić information content (AvgIpc) is 2.19. The highest BCUT2D eigenvalue weighted by atomic mass is 35.5. The number of nitro groups is 1. The molecule has 0 bridgehead atoms. The molecular formula is C10H16ClN3O4. The number of rotatable bonds is 4. The highest BCUT2D eigenvalue weighted by Gasteiger charge is 2.20. The van der Waals surface area contributed by atoms with E-state index in [-0.39, 0.29) is 23.8 Å². The van der Waals surface area contributed by atoms with Crippen LogP contribution in [0.5, 0.6) is 0 Å². The standard InChI is InChI=1S/C10H15N3O4.ClH/c1-6(14)12(7(2)15)8-3-4-9(11)10(5-8)13(16)17;/h3-7,14-15H,11H2,1-2H3;1H. The van der Waals surface area contributed by atoms with Gasteiger partial charge in [-0.25, -0.2) is 0 Å². The number of aliphatic hydroxyl groups is 2. The predicted octanol–water partition coefficient (Wildman–Crippen LogP) is 1.08. The third kappa shape index (κ3) is 3.46. The molecule has 1 aromatic rings. The van der Waals surface area contributed by atoms with Gasteiger partial charge in [0.25, 0.3) is 5.69 Å². The molecule has 7 nitrogen and oxygen atoms in total. The molecule has 102 valence electrons. The maximum atomic E-state index is 10.7. The van der Waals surface area contributed by atoms with Crippen LogP contribution in [0.1, 0.15) is 13.8 Å². The lowest BCUT2D eigenvalue weighted by Crippen LogP contribution is -2.40. The summed E-state index contributed by atoms with van der Waals surface area (Å²) in [6.07, 6.45) is -1.95. The smallest absolute Gasteiger partial charge is 0.294 e. The first-order valence-corrected chi connectivity index (χ1v) is 5.03. The predicted molar refractivity (Wildman–Crippen MR) is 70.6 cm³/mol. The zero-order valence-electron chi connectivity index (χ0n) is 9.98. The van der Waals surface area contributed by atoms with E-state index < -0.39 is 17.4 Å². The molecular weight excluding hydrogens is 262 g/mol. The van der Waals surface area contributed by atoms with Crippen molar-refractivity contribution in [1.82, 2.24) is 0 Å². The van der Waals surface area contributed by atoms with Crippen molar-refractivity contribution < 1.29 is 15.1 Å². The fourth-order valence-electron chi connectivity index (χ4n) is 1.59. The van der Waals surface area contributed by atoms with Gasteiger partial charge in [0, 0.05) is 11.8 Å². The normalized spacial score (nSPS) is 13.3. The number of hydrogen-bond donors (Lipinski definition) is 3. The molecule has 2 atom stereocenters. The summed E-state index contributed by atoms with van der Waals surface area (Å²) in [6, 6.07) is 4.09. The van der Waals surface area contributed by atoms with Crippen LogP contribution >= 0.6 is 12.4 Å². The summed E-state index contributed by atoms with van der Waals surface area (Å²) in [4.78, 5) is 11.3. The zero-order valence-corrected chi connectivity index (χ0v) is 10.8. The third-order valence-electron chi connectivity index (χ3n) is 2.31. The lowest BCUT2D eigenvalue weighted by Gasteiger charge is -2.30. The number of nitro benzene ring substituents is 1. The molecule has 0 heterocycles. The van der Waals surface area contributed by atoms with Crippen molar-refractivity contribution in [2.24, 2.45) is 0 Å². The molecule has 0 aromatic heterocycles. The molecule has 1 aromatic carbocycles. The Bertz CT molecular complexity index is 418. The summed E-state index contributed by atoms with van der Waals surface area (Å²) < 4.78 is 0. The van der Waals surface area contributed by atoms with Crippen molar-refractivity contribution in [1.29, 1.82) is 0 Å². The number of benzene rings is 1. The van der Waals surface area contributed by atoms with Gasteiger partial charge in [-0.2, -0.15) is 0 Å². The van der Waals surface area contributed by atoms with Crippen molar-refractivity contribution in [3.8, 4) is 0 Å². The van der Waals surface area contributed by atoms with Crippen LogP contribution < -0.4 is 10.6 Å². The Hall–Kier alpha value is -1.57. The van der Waals surface area contributed by atoms with Gasteiger partial charge < -0.3 is 20.8 Å². The van der Waals surface area contributed by atoms with E-state index in [0.717, 1.165) is 0 Å². The minimum Gasteiger partial charge on any atom is -0.393 e. The molecule has 0 aliphatic heterocycles. The van der Waals surface area contributed by atoms with Crippen molar-refractivity contribution >= 4 is 29.5 Å². The Morgan fingerprint density at radius 2 is 1.83 bits per heavy atom. The van der Waals surface area contributed by atoms with E-state index in [1.54, 1.807) is 0 Å². The maximum absolute atomic E-state index is 10.7. The van der Waals surface area contributed by atoms with E-state index in [9.17, 15) is 20.3 Å². The Morgan fingerprint density at radius 1 is 1.33 bits per heavy atom. The van der Waals surface area contributed by atoms with Gasteiger partial charge in [0.05, 0.1) is 4.92 Å². The molecule has 0 saturated carbocycles. The van der Waals surface area contributed by atoms with Crippen LogP contribution in [0.4, 0.5) is 17.1 Å². The molecule has 0 aliphatic rings. The summed E-state index contributed by atoms with van der Waals surface area (Å²) in [5.41, 5.74) is 5.57. The second-order valence-electron chi connectivity index (χ2n) is 3.67. The molecule has 0 radical (unpaired) electrons. The summed E-state index contributed by atoms with van der Waals surface area (Å²) in [5.74, 6) is 0. The van der Waals surface area contributed by atoms with Crippen LogP contribution in [0.25, 0.3) is 0 Å². The van der Waals surface area contributed by atoms with Gasteiger partial charge in [-0.15, -0.1) is 12.4 Å². The van der Waals surface area contributed by atoms with Gasteiger partial charge in [0.15, 0.2) is 0 Å². The van der Waals surface area contributed by atoms with E-state index in [1.807, 2.05) is 0 Å². The minimum absolute atomic E-state index is 0. The van der Waals surface area contributed by atoms with Crippen LogP contribution in [-0.4, -0.2) is 27.6 Å². The van der Waals surface area contributed by atoms with Gasteiger partial charge in [-0.3, -0.25) is 10.1 Å². The topological polar surface area (TPSA) is 113 Å². The van der Waals surface area contributed by atoms with Gasteiger partial charge in [-0.1, -0.05) is 0 Å². The number of halogens is 1. The molecule has 1 rings (SSSR count). The summed E-state index contributed by atoms with van der Waals surface area (Å²) in [6.45, 7) is 2.91. The van der Waals surface area contributed by atoms with E-state index in [4.69, 9.17) is 5.73 Å². The first-order chi connectivity index (χ1) is 7.84. The van der Waals surface area contributed by atoms with Crippen LogP contribution in [-0.2, 0) is 0 Å². The number of nitrogens with two attached hydrogens (primary N) is 1. The number of hydrogen-bond acceptors (Lipinski definition) is 6. The average molecular weight is 278 g/mol. The van der Waals surface area contributed by atoms with Crippen molar-refractivity contribution in [3.05, 3.63) is 28.3 Å². The second-order valence-corrected chi connectivity index (χ2v) is 3.67. The molecule has 0 spiro atoms. The van der Waals surface area contributed by atoms with E-state index >= 15 is 0 Å². The fraction of sp³-hybridized carbons (Fsp3) is 0.400. The highest BCUT2D eigenvalue weighted by molar-refractivity contribution is 5.85. The van der Waals surface area contributed by atoms with Crippen LogP contribution in [0.3, 0.4) is 0 Å². The maximum Gasteiger partial charge on any atom is 0.294 e. The van der Waals surface area contributed by atoms with Crippen molar-refractivity contribution in [2.45, 2.75) is 26.3 Å². The SMILES string of the molecule is CC(O)N(c1ccc(N)c([N+](=O)[O-])c1)C(C)O.Cl. The number of anilines is 2. The Kier molecular flexibility index (Phi) is 5.83. The van der Waals surface area contributed by atoms with Gasteiger partial charge in [0.1, 0.15) is 18.1 Å². The van der Waals surface area contributed by atoms with E-state index in [2.05, 4.69) is 0 Å². The van der Waals surface area contributed by atoms with Crippen LogP contribution in [0, 0.1) is 10.1 Å². The monoisotopic (exact) mass is 277 g/mol. The van der Waals surface area contributed by atoms with Gasteiger partial charge >= 0.3 is 0 Å². The molecule has 0 saturated heterocycles. The van der Waals surface area contributed by atoms with Crippen molar-refractivity contribution in [2.75, 3.05) is 10.6 Å². The summed E-state index contributed by atoms with van der Waals surface area (Å²) in [7, 11) is 0. The number of nitrogens with zero attached hydrogens (tertiary/aromatic N) is 2. The molecule has 18 heavy (non-hydrogen) atoms. The van der Waals surface area contributed by atoms with Crippen LogP contribution in [0.15, 0.2) is 18.2 Å². The molecule has 8 heteroatoms. The second kappa shape index (κ2) is 6.39. The quantitative estimate of drug-likeness (QED) is 0.328. The largest absolute Gasteiger partial charge is 0.393 e. The lowest BCUT2D eigenvalue weighted by molar-refractivity contribution is -0.383. The van der Waals surface area contributed by atoms with Gasteiger partial charge in [0.2, 0.25) is 0 Å². The van der Waals surface area contributed by atoms with E-state index in [0.29, 0.717) is 5.69 Å². The first-order valence-electron chi connectivity index (χ1n) is 5.03. The van der Waals surface area contributed by atoms with E-state index in [1.165, 1.54) is 36.9 Å². The van der Waals surface area contributed by atoms with Crippen molar-refractivity contribution in [3.63, 3.8) is 0 Å². The number of nitrogen functional groups attached to an aromatic ring is 1. The summed E-state index contributed by atoms with van der Waals surface area (Å²) in [5, 5.41) is 29.7.